The number of aromatic hydroxyl groups is 1. The fourth-order valence-corrected chi connectivity index (χ4v) is 1.14. The smallest absolute Gasteiger partial charge is 0.121 e. The van der Waals surface area contributed by atoms with Crippen LogP contribution >= 0.6 is 11.6 Å². The molecule has 2 N–H and O–H groups in total. The number of halogens is 1. The normalized spacial score (nSPS) is 10.0. The summed E-state index contributed by atoms with van der Waals surface area (Å²) in [6.45, 7) is 0.589. The van der Waals surface area contributed by atoms with Gasteiger partial charge in [0, 0.05) is 17.1 Å². The van der Waals surface area contributed by atoms with Crippen LogP contribution in [0.2, 0.25) is 5.02 Å². The van der Waals surface area contributed by atoms with Gasteiger partial charge < -0.3 is 10.4 Å². The molecule has 60 valence electrons. The number of rotatable bonds is 2. The van der Waals surface area contributed by atoms with Crippen LogP contribution in [0.25, 0.3) is 0 Å². The minimum absolute atomic E-state index is 0.242. The molecule has 11 heavy (non-hydrogen) atoms. The van der Waals surface area contributed by atoms with E-state index in [9.17, 15) is 5.11 Å². The van der Waals surface area contributed by atoms with Crippen molar-refractivity contribution >= 4 is 11.6 Å². The quantitative estimate of drug-likeness (QED) is 0.711. The molecule has 0 aliphatic carbocycles. The summed E-state index contributed by atoms with van der Waals surface area (Å²) in [4.78, 5) is 0. The second kappa shape index (κ2) is 3.60. The second-order valence-electron chi connectivity index (χ2n) is 2.27. The Balaban J connectivity index is 3.00. The van der Waals surface area contributed by atoms with E-state index >= 15 is 0 Å². The lowest BCUT2D eigenvalue weighted by atomic mass is 10.2. The highest BCUT2D eigenvalue weighted by Crippen LogP contribution is 2.24. The molecule has 0 fully saturated rings. The van der Waals surface area contributed by atoms with E-state index in [2.05, 4.69) is 5.32 Å². The monoisotopic (exact) mass is 171 g/mol. The van der Waals surface area contributed by atoms with Gasteiger partial charge >= 0.3 is 0 Å². The molecule has 0 unspecified atom stereocenters. The van der Waals surface area contributed by atoms with Gasteiger partial charge in [-0.3, -0.25) is 0 Å². The predicted octanol–water partition coefficient (Wildman–Crippen LogP) is 1.76. The van der Waals surface area contributed by atoms with E-state index in [0.717, 1.165) is 5.56 Å². The van der Waals surface area contributed by atoms with Crippen molar-refractivity contribution in [2.75, 3.05) is 7.05 Å². The summed E-state index contributed by atoms with van der Waals surface area (Å²) in [5.74, 6) is 0.242. The Morgan fingerprint density at radius 2 is 2.27 bits per heavy atom. The zero-order valence-corrected chi connectivity index (χ0v) is 7.02. The van der Waals surface area contributed by atoms with Crippen molar-refractivity contribution in [3.63, 3.8) is 0 Å². The van der Waals surface area contributed by atoms with E-state index in [1.165, 1.54) is 0 Å². The molecular formula is C8H10ClNO. The van der Waals surface area contributed by atoms with E-state index < -0.39 is 0 Å². The Bertz CT molecular complexity index is 230. The van der Waals surface area contributed by atoms with Gasteiger partial charge in [0.1, 0.15) is 5.75 Å². The topological polar surface area (TPSA) is 32.3 Å². The number of phenols is 1. The van der Waals surface area contributed by atoms with Crippen LogP contribution in [0.4, 0.5) is 0 Å². The van der Waals surface area contributed by atoms with Crippen molar-refractivity contribution in [1.29, 1.82) is 0 Å². The largest absolute Gasteiger partial charge is 0.508 e. The van der Waals surface area contributed by atoms with Crippen LogP contribution in [0.1, 0.15) is 5.56 Å². The molecule has 0 radical (unpaired) electrons. The van der Waals surface area contributed by atoms with Crippen molar-refractivity contribution in [2.24, 2.45) is 0 Å². The fourth-order valence-electron chi connectivity index (χ4n) is 0.899. The van der Waals surface area contributed by atoms with Gasteiger partial charge in [-0.2, -0.15) is 0 Å². The van der Waals surface area contributed by atoms with Gasteiger partial charge in [-0.15, -0.1) is 0 Å². The molecule has 0 aliphatic heterocycles. The first-order valence-electron chi connectivity index (χ1n) is 3.36. The third-order valence-corrected chi connectivity index (χ3v) is 1.80. The summed E-state index contributed by atoms with van der Waals surface area (Å²) in [5, 5.41) is 12.8. The highest BCUT2D eigenvalue weighted by Gasteiger charge is 2.02. The van der Waals surface area contributed by atoms with Crippen molar-refractivity contribution < 1.29 is 5.11 Å². The van der Waals surface area contributed by atoms with Crippen molar-refractivity contribution in [3.8, 4) is 5.75 Å². The predicted molar refractivity (Wildman–Crippen MR) is 45.9 cm³/mol. The van der Waals surface area contributed by atoms with Crippen LogP contribution in [0.3, 0.4) is 0 Å². The summed E-state index contributed by atoms with van der Waals surface area (Å²) in [6.07, 6.45) is 0. The molecule has 0 spiro atoms. The maximum atomic E-state index is 9.30. The molecule has 0 heterocycles. The van der Waals surface area contributed by atoms with Crippen LogP contribution in [0, 0.1) is 0 Å². The van der Waals surface area contributed by atoms with Crippen molar-refractivity contribution in [3.05, 3.63) is 28.8 Å². The van der Waals surface area contributed by atoms with E-state index in [1.54, 1.807) is 18.2 Å². The van der Waals surface area contributed by atoms with Gasteiger partial charge in [0.05, 0.1) is 0 Å². The zero-order chi connectivity index (χ0) is 8.27. The molecule has 0 bridgehead atoms. The van der Waals surface area contributed by atoms with Crippen LogP contribution in [-0.2, 0) is 6.54 Å². The average molecular weight is 172 g/mol. The number of phenolic OH excluding ortho intramolecular Hbond substituents is 1. The third-order valence-electron chi connectivity index (χ3n) is 1.45. The highest BCUT2D eigenvalue weighted by molar-refractivity contribution is 6.31. The molecule has 1 rings (SSSR count). The first-order chi connectivity index (χ1) is 5.25. The Kier molecular flexibility index (Phi) is 2.74. The zero-order valence-electron chi connectivity index (χ0n) is 6.26. The third kappa shape index (κ3) is 1.85. The molecule has 0 atom stereocenters. The Labute approximate surface area is 70.8 Å². The number of hydrogen-bond donors (Lipinski definition) is 2. The summed E-state index contributed by atoms with van der Waals surface area (Å²) < 4.78 is 0. The van der Waals surface area contributed by atoms with Gasteiger partial charge in [-0.25, -0.2) is 0 Å². The number of benzene rings is 1. The summed E-state index contributed by atoms with van der Waals surface area (Å²) in [5.41, 5.74) is 0.747. The first-order valence-corrected chi connectivity index (χ1v) is 3.74. The van der Waals surface area contributed by atoms with Crippen LogP contribution in [-0.4, -0.2) is 12.2 Å². The molecule has 0 saturated carbocycles. The lowest BCUT2D eigenvalue weighted by Gasteiger charge is -2.04. The fraction of sp³-hybridized carbons (Fsp3) is 0.250. The van der Waals surface area contributed by atoms with Gasteiger partial charge in [-0.05, 0) is 19.2 Å². The van der Waals surface area contributed by atoms with E-state index in [1.807, 2.05) is 7.05 Å². The molecule has 0 aliphatic rings. The van der Waals surface area contributed by atoms with Gasteiger partial charge in [-0.1, -0.05) is 17.7 Å². The van der Waals surface area contributed by atoms with E-state index in [-0.39, 0.29) is 5.75 Å². The summed E-state index contributed by atoms with van der Waals surface area (Å²) in [6, 6.07) is 5.10. The standard InChI is InChI=1S/C8H10ClNO/c1-10-5-6-7(9)3-2-4-8(6)11/h2-4,10-11H,5H2,1H3. The lowest BCUT2D eigenvalue weighted by Crippen LogP contribution is -2.05. The minimum Gasteiger partial charge on any atom is -0.508 e. The van der Waals surface area contributed by atoms with Crippen LogP contribution in [0.5, 0.6) is 5.75 Å². The molecule has 0 amide bonds. The summed E-state index contributed by atoms with van der Waals surface area (Å²) in [7, 11) is 1.81. The molecule has 1 aromatic carbocycles. The first kappa shape index (κ1) is 8.37. The number of hydrogen-bond acceptors (Lipinski definition) is 2. The Morgan fingerprint density at radius 1 is 1.55 bits per heavy atom. The molecule has 0 aromatic heterocycles. The van der Waals surface area contributed by atoms with E-state index in [0.29, 0.717) is 11.6 Å². The second-order valence-corrected chi connectivity index (χ2v) is 2.68. The Morgan fingerprint density at radius 3 is 2.82 bits per heavy atom. The van der Waals surface area contributed by atoms with Gasteiger partial charge in [0.25, 0.3) is 0 Å². The van der Waals surface area contributed by atoms with Crippen molar-refractivity contribution in [2.45, 2.75) is 6.54 Å². The molecule has 1 aromatic rings. The maximum absolute atomic E-state index is 9.30. The van der Waals surface area contributed by atoms with E-state index in [4.69, 9.17) is 11.6 Å². The van der Waals surface area contributed by atoms with Crippen molar-refractivity contribution in [1.82, 2.24) is 5.32 Å². The number of nitrogens with one attached hydrogen (secondary N) is 1. The Hall–Kier alpha value is -0.730. The SMILES string of the molecule is CNCc1c(O)cccc1Cl. The highest BCUT2D eigenvalue weighted by atomic mass is 35.5. The van der Waals surface area contributed by atoms with Gasteiger partial charge in [0.15, 0.2) is 0 Å². The van der Waals surface area contributed by atoms with Gasteiger partial charge in [0.2, 0.25) is 0 Å². The molecular weight excluding hydrogens is 162 g/mol. The van der Waals surface area contributed by atoms with Crippen LogP contribution in [0.15, 0.2) is 18.2 Å². The lowest BCUT2D eigenvalue weighted by molar-refractivity contribution is 0.466. The minimum atomic E-state index is 0.242. The van der Waals surface area contributed by atoms with Crippen LogP contribution < -0.4 is 5.32 Å². The molecule has 2 nitrogen and oxygen atoms in total. The molecule has 3 heteroatoms. The summed E-state index contributed by atoms with van der Waals surface area (Å²) >= 11 is 5.81. The molecule has 0 saturated heterocycles. The maximum Gasteiger partial charge on any atom is 0.121 e. The average Bonchev–Trinajstić information content (AvgIpc) is 1.97.